The predicted molar refractivity (Wildman–Crippen MR) is 106 cm³/mol. The zero-order valence-corrected chi connectivity index (χ0v) is 15.8. The fourth-order valence-electron chi connectivity index (χ4n) is 1.72. The maximum absolute atomic E-state index is 11.2. The third-order valence-corrected chi connectivity index (χ3v) is 4.82. The lowest BCUT2D eigenvalue weighted by atomic mass is 10.2. The summed E-state index contributed by atoms with van der Waals surface area (Å²) < 4.78 is 0.480. The lowest BCUT2D eigenvalue weighted by molar-refractivity contribution is 0.101. The van der Waals surface area contributed by atoms with Gasteiger partial charge in [0, 0.05) is 6.92 Å². The second kappa shape index (κ2) is 8.64. The molecule has 1 aromatic heterocycles. The predicted octanol–water partition coefficient (Wildman–Crippen LogP) is 4.36. The van der Waals surface area contributed by atoms with Gasteiger partial charge in [-0.05, 0) is 24.3 Å². The monoisotopic (exact) mass is 400 g/mol. The third kappa shape index (κ3) is 5.06. The number of nitrogens with zero attached hydrogens (tertiary/aromatic N) is 2. The second-order valence-electron chi connectivity index (χ2n) is 4.71. The van der Waals surface area contributed by atoms with E-state index in [9.17, 15) is 4.79 Å². The molecule has 0 aliphatic carbocycles. The van der Waals surface area contributed by atoms with Crippen molar-refractivity contribution in [2.24, 2.45) is 5.84 Å². The molecule has 0 saturated heterocycles. The van der Waals surface area contributed by atoms with Gasteiger partial charge in [-0.3, -0.25) is 14.8 Å². The molecule has 1 heterocycles. The molecule has 0 fully saturated rings. The van der Waals surface area contributed by atoms with E-state index in [4.69, 9.17) is 41.3 Å². The number of nitrogens with two attached hydrogens (primary N) is 1. The van der Waals surface area contributed by atoms with Crippen molar-refractivity contribution in [3.63, 3.8) is 0 Å². The molecule has 0 amide bonds. The molecule has 2 rings (SSSR count). The van der Waals surface area contributed by atoms with Gasteiger partial charge in [0.2, 0.25) is 0 Å². The number of thioether (sulfide) groups is 1. The van der Waals surface area contributed by atoms with Crippen LogP contribution in [0, 0.1) is 0 Å². The quantitative estimate of drug-likeness (QED) is 0.254. The Morgan fingerprint density at radius 1 is 1.33 bits per heavy atom. The van der Waals surface area contributed by atoms with E-state index in [1.54, 1.807) is 36.5 Å². The first-order chi connectivity index (χ1) is 11.4. The fourth-order valence-corrected chi connectivity index (χ4v) is 3.05. The zero-order valence-electron chi connectivity index (χ0n) is 12.6. The smallest absolute Gasteiger partial charge is 0.178 e. The topological polar surface area (TPSA) is 71.2 Å². The summed E-state index contributed by atoms with van der Waals surface area (Å²) in [6.07, 6.45) is 1.54. The van der Waals surface area contributed by atoms with Crippen molar-refractivity contribution >= 4 is 68.7 Å². The molecule has 0 spiro atoms. The van der Waals surface area contributed by atoms with Crippen molar-refractivity contribution in [2.45, 2.75) is 6.92 Å². The average Bonchev–Trinajstić information content (AvgIpc) is 2.56. The zero-order chi connectivity index (χ0) is 17.7. The van der Waals surface area contributed by atoms with Crippen LogP contribution in [0.4, 0.5) is 11.4 Å². The van der Waals surface area contributed by atoms with Crippen LogP contribution in [0.2, 0.25) is 10.0 Å². The number of nitrogens with one attached hydrogen (secondary N) is 1. The number of carbonyl (C=O) groups excluding carboxylic acids is 1. The van der Waals surface area contributed by atoms with E-state index in [1.165, 1.54) is 23.7 Å². The number of halogens is 2. The Labute approximate surface area is 159 Å². The number of hydrogen-bond acceptors (Lipinski definition) is 6. The third-order valence-electron chi connectivity index (χ3n) is 2.96. The van der Waals surface area contributed by atoms with E-state index in [2.05, 4.69) is 10.3 Å². The van der Waals surface area contributed by atoms with E-state index in [0.717, 1.165) is 0 Å². The summed E-state index contributed by atoms with van der Waals surface area (Å²) >= 11 is 18.8. The summed E-state index contributed by atoms with van der Waals surface area (Å²) in [7, 11) is 0. The highest BCUT2D eigenvalue weighted by Gasteiger charge is 2.10. The molecule has 5 nitrogen and oxygen atoms in total. The Balaban J connectivity index is 1.92. The van der Waals surface area contributed by atoms with Gasteiger partial charge < -0.3 is 5.32 Å². The molecule has 0 bridgehead atoms. The molecular weight excluding hydrogens is 387 g/mol. The van der Waals surface area contributed by atoms with Gasteiger partial charge in [-0.25, -0.2) is 5.84 Å². The van der Waals surface area contributed by atoms with Crippen LogP contribution in [0.1, 0.15) is 17.4 Å². The minimum absolute atomic E-state index is 0.0958. The highest BCUT2D eigenvalue weighted by Crippen LogP contribution is 2.30. The number of hydrazine groups is 1. The van der Waals surface area contributed by atoms with Gasteiger partial charge in [-0.1, -0.05) is 53.2 Å². The van der Waals surface area contributed by atoms with Gasteiger partial charge in [-0.2, -0.15) is 0 Å². The van der Waals surface area contributed by atoms with E-state index in [0.29, 0.717) is 37.3 Å². The normalized spacial score (nSPS) is 10.3. The molecule has 0 aliphatic rings. The number of benzene rings is 1. The molecule has 3 N–H and O–H groups in total. The number of hydrogen-bond donors (Lipinski definition) is 2. The molecule has 0 atom stereocenters. The van der Waals surface area contributed by atoms with E-state index in [1.807, 2.05) is 0 Å². The fraction of sp³-hybridized carbons (Fsp3) is 0.133. The van der Waals surface area contributed by atoms with Crippen molar-refractivity contribution in [2.75, 3.05) is 16.2 Å². The molecule has 0 radical (unpaired) electrons. The van der Waals surface area contributed by atoms with E-state index < -0.39 is 0 Å². The Hall–Kier alpha value is -1.38. The highest BCUT2D eigenvalue weighted by atomic mass is 35.5. The lowest BCUT2D eigenvalue weighted by Crippen LogP contribution is -2.31. The summed E-state index contributed by atoms with van der Waals surface area (Å²) in [5.74, 6) is 6.26. The van der Waals surface area contributed by atoms with Crippen molar-refractivity contribution in [3.8, 4) is 0 Å². The van der Waals surface area contributed by atoms with Gasteiger partial charge in [0.1, 0.15) is 10.0 Å². The average molecular weight is 401 g/mol. The Morgan fingerprint density at radius 3 is 2.54 bits per heavy atom. The number of rotatable bonds is 5. The van der Waals surface area contributed by atoms with Gasteiger partial charge in [-0.15, -0.1) is 0 Å². The SMILES string of the molecule is CC(=O)c1ccc(N(N)CSC(=S)Nc2c(Cl)cccc2Cl)cn1. The van der Waals surface area contributed by atoms with Gasteiger partial charge in [0.25, 0.3) is 0 Å². The lowest BCUT2D eigenvalue weighted by Gasteiger charge is -2.18. The first-order valence-corrected chi connectivity index (χ1v) is 8.90. The maximum atomic E-state index is 11.2. The van der Waals surface area contributed by atoms with Gasteiger partial charge in [0.05, 0.1) is 33.5 Å². The van der Waals surface area contributed by atoms with Crippen LogP contribution in [0.5, 0.6) is 0 Å². The number of thiocarbonyl (C=S) groups is 1. The number of Topliss-reactive ketones (excluding diaryl/α,β-unsaturated/α-hetero) is 1. The minimum atomic E-state index is -0.0958. The first-order valence-electron chi connectivity index (χ1n) is 6.75. The first kappa shape index (κ1) is 19.0. The Kier molecular flexibility index (Phi) is 6.82. The number of aromatic nitrogens is 1. The largest absolute Gasteiger partial charge is 0.339 e. The van der Waals surface area contributed by atoms with Crippen LogP contribution >= 0.6 is 47.2 Å². The summed E-state index contributed by atoms with van der Waals surface area (Å²) in [5, 5.41) is 5.44. The summed E-state index contributed by atoms with van der Waals surface area (Å²) in [4.78, 5) is 15.3. The van der Waals surface area contributed by atoms with Crippen molar-refractivity contribution in [3.05, 3.63) is 52.3 Å². The van der Waals surface area contributed by atoms with Crippen molar-refractivity contribution < 1.29 is 4.79 Å². The molecular formula is C15H14Cl2N4OS2. The Morgan fingerprint density at radius 2 is 2.00 bits per heavy atom. The number of para-hydroxylation sites is 1. The van der Waals surface area contributed by atoms with Crippen LogP contribution in [-0.4, -0.2) is 21.0 Å². The van der Waals surface area contributed by atoms with E-state index in [-0.39, 0.29) is 5.78 Å². The molecule has 0 aliphatic heterocycles. The number of ketones is 1. The molecule has 0 unspecified atom stereocenters. The molecule has 24 heavy (non-hydrogen) atoms. The number of anilines is 2. The van der Waals surface area contributed by atoms with E-state index >= 15 is 0 Å². The second-order valence-corrected chi connectivity index (χ2v) is 7.15. The van der Waals surface area contributed by atoms with Crippen molar-refractivity contribution in [1.29, 1.82) is 0 Å². The number of carbonyl (C=O) groups is 1. The molecule has 126 valence electrons. The summed E-state index contributed by atoms with van der Waals surface area (Å²) in [6, 6.07) is 8.56. The summed E-state index contributed by atoms with van der Waals surface area (Å²) in [5.41, 5.74) is 1.63. The molecule has 2 aromatic rings. The van der Waals surface area contributed by atoms with Gasteiger partial charge in [0.15, 0.2) is 5.78 Å². The standard InChI is InChI=1S/C15H14Cl2N4OS2/c1-9(22)13-6-5-10(7-19-13)21(18)8-24-15(23)20-14-11(16)3-2-4-12(14)17/h2-7H,8,18H2,1H3,(H,20,23). The highest BCUT2D eigenvalue weighted by molar-refractivity contribution is 8.23. The van der Waals surface area contributed by atoms with Crippen LogP contribution in [0.3, 0.4) is 0 Å². The minimum Gasteiger partial charge on any atom is -0.339 e. The summed E-state index contributed by atoms with van der Waals surface area (Å²) in [6.45, 7) is 1.46. The molecule has 9 heteroatoms. The van der Waals surface area contributed by atoms with Crippen LogP contribution in [-0.2, 0) is 0 Å². The van der Waals surface area contributed by atoms with Crippen LogP contribution < -0.4 is 16.2 Å². The molecule has 0 saturated carbocycles. The number of pyridine rings is 1. The Bertz CT molecular complexity index is 735. The maximum Gasteiger partial charge on any atom is 0.178 e. The molecule has 1 aromatic carbocycles. The van der Waals surface area contributed by atoms with Crippen LogP contribution in [0.15, 0.2) is 36.5 Å². The van der Waals surface area contributed by atoms with Gasteiger partial charge >= 0.3 is 0 Å². The van der Waals surface area contributed by atoms with Crippen molar-refractivity contribution in [1.82, 2.24) is 4.98 Å². The van der Waals surface area contributed by atoms with Crippen LogP contribution in [0.25, 0.3) is 0 Å².